The predicted octanol–water partition coefficient (Wildman–Crippen LogP) is 3.57. The summed E-state index contributed by atoms with van der Waals surface area (Å²) >= 11 is 0. The maximum Gasteiger partial charge on any atom is 0.132 e. The number of aryl methyl sites for hydroxylation is 1. The maximum atomic E-state index is 13.9. The highest BCUT2D eigenvalue weighted by Gasteiger charge is 2.28. The van der Waals surface area contributed by atoms with E-state index in [1.165, 1.54) is 12.3 Å². The molecule has 1 aromatic rings. The van der Waals surface area contributed by atoms with Gasteiger partial charge >= 0.3 is 0 Å². The Kier molecular flexibility index (Phi) is 5.06. The Morgan fingerprint density at radius 3 is 2.41 bits per heavy atom. The monoisotopic (exact) mass is 239 g/mol. The molecule has 96 valence electrons. The summed E-state index contributed by atoms with van der Waals surface area (Å²) in [5.41, 5.74) is 0.00537. The van der Waals surface area contributed by atoms with E-state index in [-0.39, 0.29) is 5.82 Å². The summed E-state index contributed by atoms with van der Waals surface area (Å²) in [5.74, 6) is -0.336. The van der Waals surface area contributed by atoms with Crippen LogP contribution in [0.3, 0.4) is 0 Å². The van der Waals surface area contributed by atoms with E-state index < -0.39 is 5.60 Å². The fourth-order valence-corrected chi connectivity index (χ4v) is 1.94. The van der Waals surface area contributed by atoms with Gasteiger partial charge in [-0.15, -0.1) is 0 Å². The van der Waals surface area contributed by atoms with Gasteiger partial charge in [0.05, 0.1) is 5.60 Å². The fourth-order valence-electron chi connectivity index (χ4n) is 1.94. The van der Waals surface area contributed by atoms with E-state index in [9.17, 15) is 9.50 Å². The van der Waals surface area contributed by atoms with Gasteiger partial charge in [0.1, 0.15) is 5.82 Å². The first-order chi connectivity index (χ1) is 8.07. The molecule has 0 aliphatic rings. The lowest BCUT2D eigenvalue weighted by molar-refractivity contribution is 0.0244. The second-order valence-corrected chi connectivity index (χ2v) is 4.50. The molecule has 0 spiro atoms. The lowest BCUT2D eigenvalue weighted by Gasteiger charge is -2.25. The van der Waals surface area contributed by atoms with Crippen LogP contribution in [0.2, 0.25) is 0 Å². The van der Waals surface area contributed by atoms with Crippen LogP contribution in [0, 0.1) is 5.82 Å². The molecular weight excluding hydrogens is 217 g/mol. The van der Waals surface area contributed by atoms with Gasteiger partial charge < -0.3 is 5.11 Å². The van der Waals surface area contributed by atoms with Crippen LogP contribution >= 0.6 is 0 Å². The zero-order valence-corrected chi connectivity index (χ0v) is 11.0. The lowest BCUT2D eigenvalue weighted by Crippen LogP contribution is -2.25. The van der Waals surface area contributed by atoms with Gasteiger partial charge in [-0.1, -0.05) is 27.2 Å². The van der Waals surface area contributed by atoms with Crippen LogP contribution in [0.4, 0.5) is 4.39 Å². The van der Waals surface area contributed by atoms with Gasteiger partial charge in [0.2, 0.25) is 0 Å². The highest BCUT2D eigenvalue weighted by atomic mass is 19.1. The number of pyridine rings is 1. The van der Waals surface area contributed by atoms with Gasteiger partial charge in [-0.2, -0.15) is 0 Å². The van der Waals surface area contributed by atoms with Gasteiger partial charge in [-0.25, -0.2) is 4.39 Å². The van der Waals surface area contributed by atoms with Crippen LogP contribution < -0.4 is 0 Å². The van der Waals surface area contributed by atoms with Crippen LogP contribution in [0.5, 0.6) is 0 Å². The van der Waals surface area contributed by atoms with Crippen molar-refractivity contribution in [3.05, 3.63) is 29.3 Å². The Morgan fingerprint density at radius 2 is 1.94 bits per heavy atom. The number of aromatic nitrogens is 1. The molecule has 0 unspecified atom stereocenters. The summed E-state index contributed by atoms with van der Waals surface area (Å²) in [6.07, 6.45) is 5.36. The zero-order valence-electron chi connectivity index (χ0n) is 11.0. The Labute approximate surface area is 103 Å². The lowest BCUT2D eigenvalue weighted by atomic mass is 9.89. The molecule has 0 aromatic carbocycles. The zero-order chi connectivity index (χ0) is 12.9. The molecule has 0 saturated heterocycles. The summed E-state index contributed by atoms with van der Waals surface area (Å²) in [6.45, 7) is 5.81. The minimum absolute atomic E-state index is 0.322. The summed E-state index contributed by atoms with van der Waals surface area (Å²) in [4.78, 5) is 4.24. The Bertz CT molecular complexity index is 361. The second kappa shape index (κ2) is 6.10. The largest absolute Gasteiger partial charge is 0.385 e. The Morgan fingerprint density at radius 1 is 1.29 bits per heavy atom. The molecule has 0 aliphatic carbocycles. The highest BCUT2D eigenvalue weighted by Crippen LogP contribution is 2.30. The normalized spacial score (nSPS) is 11.8. The first-order valence-electron chi connectivity index (χ1n) is 6.44. The summed E-state index contributed by atoms with van der Waals surface area (Å²) in [7, 11) is 0. The van der Waals surface area contributed by atoms with Crippen molar-refractivity contribution in [3.8, 4) is 0 Å². The maximum absolute atomic E-state index is 13.9. The SMILES string of the molecule is CCCCc1cc(F)c(C(O)(CC)CC)cn1. The minimum atomic E-state index is -1.08. The van der Waals surface area contributed by atoms with E-state index in [4.69, 9.17) is 0 Å². The first-order valence-corrected chi connectivity index (χ1v) is 6.44. The molecule has 0 bridgehead atoms. The van der Waals surface area contributed by atoms with Gasteiger partial charge in [0.15, 0.2) is 0 Å². The molecular formula is C14H22FNO. The van der Waals surface area contributed by atoms with Crippen LogP contribution in [-0.2, 0) is 12.0 Å². The summed E-state index contributed by atoms with van der Waals surface area (Å²) in [6, 6.07) is 1.46. The minimum Gasteiger partial charge on any atom is -0.385 e. The summed E-state index contributed by atoms with van der Waals surface area (Å²) in [5, 5.41) is 10.3. The van der Waals surface area contributed by atoms with Gasteiger partial charge in [-0.05, 0) is 31.7 Å². The van der Waals surface area contributed by atoms with Crippen molar-refractivity contribution in [1.29, 1.82) is 0 Å². The molecule has 1 aromatic heterocycles. The molecule has 1 rings (SSSR count). The highest BCUT2D eigenvalue weighted by molar-refractivity contribution is 5.23. The van der Waals surface area contributed by atoms with Crippen LogP contribution in [-0.4, -0.2) is 10.1 Å². The Hall–Kier alpha value is -0.960. The smallest absolute Gasteiger partial charge is 0.132 e. The molecule has 0 saturated carbocycles. The number of nitrogens with zero attached hydrogens (tertiary/aromatic N) is 1. The molecule has 1 N–H and O–H groups in total. The van der Waals surface area contributed by atoms with Crippen molar-refractivity contribution in [2.24, 2.45) is 0 Å². The average molecular weight is 239 g/mol. The van der Waals surface area contributed by atoms with E-state index in [0.29, 0.717) is 18.4 Å². The average Bonchev–Trinajstić information content (AvgIpc) is 2.35. The number of rotatable bonds is 6. The number of unbranched alkanes of at least 4 members (excludes halogenated alkanes) is 1. The number of halogens is 1. The van der Waals surface area contributed by atoms with E-state index in [2.05, 4.69) is 11.9 Å². The molecule has 0 radical (unpaired) electrons. The van der Waals surface area contributed by atoms with Crippen molar-refractivity contribution < 1.29 is 9.50 Å². The molecule has 3 heteroatoms. The molecule has 2 nitrogen and oxygen atoms in total. The quantitative estimate of drug-likeness (QED) is 0.823. The third kappa shape index (κ3) is 3.25. The number of hydrogen-bond acceptors (Lipinski definition) is 2. The second-order valence-electron chi connectivity index (χ2n) is 4.50. The predicted molar refractivity (Wildman–Crippen MR) is 67.3 cm³/mol. The number of aliphatic hydroxyl groups is 1. The number of hydrogen-bond donors (Lipinski definition) is 1. The molecule has 0 amide bonds. The first kappa shape index (κ1) is 14.1. The fraction of sp³-hybridized carbons (Fsp3) is 0.643. The Balaban J connectivity index is 2.96. The van der Waals surface area contributed by atoms with Gasteiger partial charge in [-0.3, -0.25) is 4.98 Å². The van der Waals surface area contributed by atoms with E-state index in [0.717, 1.165) is 25.0 Å². The molecule has 0 aliphatic heterocycles. The van der Waals surface area contributed by atoms with E-state index in [1.54, 1.807) is 0 Å². The molecule has 1 heterocycles. The van der Waals surface area contributed by atoms with Crippen molar-refractivity contribution in [3.63, 3.8) is 0 Å². The van der Waals surface area contributed by atoms with Crippen molar-refractivity contribution in [2.75, 3.05) is 0 Å². The molecule has 0 fully saturated rings. The van der Waals surface area contributed by atoms with E-state index in [1.807, 2.05) is 13.8 Å². The van der Waals surface area contributed by atoms with E-state index >= 15 is 0 Å². The standard InChI is InChI=1S/C14H22FNO/c1-4-7-8-11-9-13(15)12(10-16-11)14(17,5-2)6-3/h9-10,17H,4-8H2,1-3H3. The third-order valence-electron chi connectivity index (χ3n) is 3.37. The van der Waals surface area contributed by atoms with Crippen LogP contribution in [0.15, 0.2) is 12.3 Å². The van der Waals surface area contributed by atoms with Gasteiger partial charge in [0, 0.05) is 17.5 Å². The topological polar surface area (TPSA) is 33.1 Å². The van der Waals surface area contributed by atoms with Gasteiger partial charge in [0.25, 0.3) is 0 Å². The van der Waals surface area contributed by atoms with Crippen molar-refractivity contribution >= 4 is 0 Å². The third-order valence-corrected chi connectivity index (χ3v) is 3.37. The van der Waals surface area contributed by atoms with Crippen molar-refractivity contribution in [1.82, 2.24) is 4.98 Å². The summed E-state index contributed by atoms with van der Waals surface area (Å²) < 4.78 is 13.9. The van der Waals surface area contributed by atoms with Crippen LogP contribution in [0.1, 0.15) is 57.7 Å². The molecule has 17 heavy (non-hydrogen) atoms. The molecule has 0 atom stereocenters. The van der Waals surface area contributed by atoms with Crippen molar-refractivity contribution in [2.45, 2.75) is 58.5 Å². The van der Waals surface area contributed by atoms with Crippen LogP contribution in [0.25, 0.3) is 0 Å².